The Morgan fingerprint density at radius 3 is 3.12 bits per heavy atom. The van der Waals surface area contributed by atoms with Gasteiger partial charge in [0, 0.05) is 24.9 Å². The van der Waals surface area contributed by atoms with Gasteiger partial charge >= 0.3 is 0 Å². The number of hydrogen-bond acceptors (Lipinski definition) is 3. The van der Waals surface area contributed by atoms with Crippen LogP contribution in [-0.4, -0.2) is 23.7 Å². The van der Waals surface area contributed by atoms with Gasteiger partial charge in [0.15, 0.2) is 0 Å². The molecule has 0 bridgehead atoms. The van der Waals surface area contributed by atoms with Crippen molar-refractivity contribution >= 4 is 0 Å². The number of rotatable bonds is 4. The van der Waals surface area contributed by atoms with Crippen LogP contribution in [0.2, 0.25) is 0 Å². The smallest absolute Gasteiger partial charge is 0.0587 e. The normalized spacial score (nSPS) is 26.7. The van der Waals surface area contributed by atoms with Crippen molar-refractivity contribution in [3.63, 3.8) is 0 Å². The third-order valence-electron chi connectivity index (χ3n) is 3.44. The van der Waals surface area contributed by atoms with Gasteiger partial charge in [0.25, 0.3) is 0 Å². The Labute approximate surface area is 104 Å². The van der Waals surface area contributed by atoms with Gasteiger partial charge in [0.2, 0.25) is 0 Å². The quantitative estimate of drug-likeness (QED) is 0.869. The van der Waals surface area contributed by atoms with Crippen LogP contribution in [0.15, 0.2) is 24.4 Å². The number of aromatic nitrogens is 1. The number of pyridine rings is 1. The first-order chi connectivity index (χ1) is 8.29. The first-order valence-electron chi connectivity index (χ1n) is 6.58. The summed E-state index contributed by atoms with van der Waals surface area (Å²) in [6, 6.07) is 6.95. The molecule has 3 heteroatoms. The number of nitrogens with zero attached hydrogens (tertiary/aromatic N) is 1. The van der Waals surface area contributed by atoms with Gasteiger partial charge in [-0.05, 0) is 38.3 Å². The minimum absolute atomic E-state index is 0.316. The molecule has 0 aromatic carbocycles. The van der Waals surface area contributed by atoms with Gasteiger partial charge in [-0.2, -0.15) is 0 Å². The molecule has 17 heavy (non-hydrogen) atoms. The Hall–Kier alpha value is -0.930. The highest BCUT2D eigenvalue weighted by atomic mass is 16.5. The third kappa shape index (κ3) is 3.51. The average Bonchev–Trinajstić information content (AvgIpc) is 2.40. The minimum atomic E-state index is 0.316. The fourth-order valence-electron chi connectivity index (χ4n) is 2.39. The molecule has 2 rings (SSSR count). The second-order valence-electron chi connectivity index (χ2n) is 4.77. The summed E-state index contributed by atoms with van der Waals surface area (Å²) >= 11 is 0. The first-order valence-corrected chi connectivity index (χ1v) is 6.58. The molecule has 0 amide bonds. The molecule has 1 N–H and O–H groups in total. The second-order valence-corrected chi connectivity index (χ2v) is 4.77. The van der Waals surface area contributed by atoms with E-state index in [0.717, 1.165) is 31.6 Å². The Morgan fingerprint density at radius 1 is 1.53 bits per heavy atom. The molecular formula is C14H22N2O. The predicted octanol–water partition coefficient (Wildman–Crippen LogP) is 2.69. The molecule has 2 unspecified atom stereocenters. The summed E-state index contributed by atoms with van der Waals surface area (Å²) in [7, 11) is 0. The lowest BCUT2D eigenvalue weighted by Gasteiger charge is -2.31. The van der Waals surface area contributed by atoms with E-state index >= 15 is 0 Å². The van der Waals surface area contributed by atoms with Gasteiger partial charge in [-0.15, -0.1) is 0 Å². The van der Waals surface area contributed by atoms with Crippen LogP contribution in [0.25, 0.3) is 0 Å². The maximum Gasteiger partial charge on any atom is 0.0587 e. The van der Waals surface area contributed by atoms with Crippen molar-refractivity contribution in [2.24, 2.45) is 0 Å². The molecule has 94 valence electrons. The summed E-state index contributed by atoms with van der Waals surface area (Å²) in [5, 5.41) is 3.66. The summed E-state index contributed by atoms with van der Waals surface area (Å²) in [5.74, 6) is 0. The van der Waals surface area contributed by atoms with Crippen molar-refractivity contribution in [2.45, 2.75) is 51.3 Å². The molecule has 0 aliphatic carbocycles. The summed E-state index contributed by atoms with van der Waals surface area (Å²) in [6.45, 7) is 5.25. The van der Waals surface area contributed by atoms with E-state index in [0.29, 0.717) is 18.2 Å². The lowest BCUT2D eigenvalue weighted by atomic mass is 10.0. The van der Waals surface area contributed by atoms with E-state index in [9.17, 15) is 0 Å². The Kier molecular flexibility index (Phi) is 4.51. The molecule has 3 nitrogen and oxygen atoms in total. The molecule has 1 aromatic rings. The van der Waals surface area contributed by atoms with Crippen molar-refractivity contribution in [3.8, 4) is 0 Å². The maximum atomic E-state index is 5.69. The molecule has 1 fully saturated rings. The molecule has 1 aromatic heterocycles. The zero-order valence-electron chi connectivity index (χ0n) is 10.7. The zero-order valence-corrected chi connectivity index (χ0v) is 10.7. The molecule has 3 atom stereocenters. The van der Waals surface area contributed by atoms with Gasteiger partial charge < -0.3 is 10.1 Å². The van der Waals surface area contributed by atoms with Gasteiger partial charge in [-0.3, -0.25) is 4.98 Å². The highest BCUT2D eigenvalue weighted by molar-refractivity contribution is 5.08. The van der Waals surface area contributed by atoms with E-state index in [4.69, 9.17) is 4.74 Å². The molecule has 2 heterocycles. The van der Waals surface area contributed by atoms with Crippen LogP contribution >= 0.6 is 0 Å². The Bertz CT molecular complexity index is 328. The van der Waals surface area contributed by atoms with E-state index in [1.807, 2.05) is 18.3 Å². The van der Waals surface area contributed by atoms with Crippen molar-refractivity contribution in [1.29, 1.82) is 0 Å². The summed E-state index contributed by atoms with van der Waals surface area (Å²) in [5.41, 5.74) is 1.12. The van der Waals surface area contributed by atoms with Gasteiger partial charge in [0.1, 0.15) is 0 Å². The van der Waals surface area contributed by atoms with Crippen molar-refractivity contribution < 1.29 is 4.74 Å². The molecular weight excluding hydrogens is 212 g/mol. The second kappa shape index (κ2) is 6.12. The molecule has 1 aliphatic rings. The summed E-state index contributed by atoms with van der Waals surface area (Å²) in [6.07, 6.45) is 5.61. The first kappa shape index (κ1) is 12.5. The Balaban J connectivity index is 1.88. The van der Waals surface area contributed by atoms with E-state index in [1.54, 1.807) is 0 Å². The molecule has 1 aliphatic heterocycles. The van der Waals surface area contributed by atoms with Gasteiger partial charge in [-0.25, -0.2) is 0 Å². The highest BCUT2D eigenvalue weighted by Gasteiger charge is 2.22. The van der Waals surface area contributed by atoms with E-state index in [2.05, 4.69) is 30.2 Å². The number of nitrogens with one attached hydrogen (secondary N) is 1. The van der Waals surface area contributed by atoms with E-state index < -0.39 is 0 Å². The van der Waals surface area contributed by atoms with Crippen LogP contribution in [-0.2, 0) is 4.74 Å². The predicted molar refractivity (Wildman–Crippen MR) is 68.8 cm³/mol. The van der Waals surface area contributed by atoms with Crippen LogP contribution < -0.4 is 5.32 Å². The summed E-state index contributed by atoms with van der Waals surface area (Å²) in [4.78, 5) is 4.39. The standard InChI is InChI=1S/C14H22N2O/c1-3-13-10-12(7-9-17-13)16-11(2)14-6-4-5-8-15-14/h4-6,8,11-13,16H,3,7,9-10H2,1-2H3/t11-,12?,13?/m1/s1. The Morgan fingerprint density at radius 2 is 2.41 bits per heavy atom. The van der Waals surface area contributed by atoms with Crippen LogP contribution in [0.4, 0.5) is 0 Å². The lowest BCUT2D eigenvalue weighted by molar-refractivity contribution is -0.00173. The van der Waals surface area contributed by atoms with E-state index in [1.165, 1.54) is 0 Å². The SMILES string of the molecule is CCC1CC(N[C@H](C)c2ccccn2)CCO1. The third-order valence-corrected chi connectivity index (χ3v) is 3.44. The largest absolute Gasteiger partial charge is 0.378 e. The number of ether oxygens (including phenoxy) is 1. The van der Waals surface area contributed by atoms with Crippen LogP contribution in [0.3, 0.4) is 0 Å². The fourth-order valence-corrected chi connectivity index (χ4v) is 2.39. The lowest BCUT2D eigenvalue weighted by Crippen LogP contribution is -2.40. The van der Waals surface area contributed by atoms with Gasteiger partial charge in [0.05, 0.1) is 11.8 Å². The molecule has 0 spiro atoms. The van der Waals surface area contributed by atoms with E-state index in [-0.39, 0.29) is 0 Å². The maximum absolute atomic E-state index is 5.69. The van der Waals surface area contributed by atoms with Crippen LogP contribution in [0, 0.1) is 0 Å². The highest BCUT2D eigenvalue weighted by Crippen LogP contribution is 2.19. The summed E-state index contributed by atoms with van der Waals surface area (Å²) < 4.78 is 5.69. The molecule has 0 saturated carbocycles. The monoisotopic (exact) mass is 234 g/mol. The zero-order chi connectivity index (χ0) is 12.1. The topological polar surface area (TPSA) is 34.2 Å². The number of hydrogen-bond donors (Lipinski definition) is 1. The van der Waals surface area contributed by atoms with Crippen LogP contribution in [0.5, 0.6) is 0 Å². The van der Waals surface area contributed by atoms with Crippen molar-refractivity contribution in [3.05, 3.63) is 30.1 Å². The van der Waals surface area contributed by atoms with Crippen molar-refractivity contribution in [2.75, 3.05) is 6.61 Å². The molecule has 0 radical (unpaired) electrons. The minimum Gasteiger partial charge on any atom is -0.378 e. The average molecular weight is 234 g/mol. The fraction of sp³-hybridized carbons (Fsp3) is 0.643. The van der Waals surface area contributed by atoms with Crippen molar-refractivity contribution in [1.82, 2.24) is 10.3 Å². The molecule has 1 saturated heterocycles. The van der Waals surface area contributed by atoms with Gasteiger partial charge in [-0.1, -0.05) is 13.0 Å². The van der Waals surface area contributed by atoms with Crippen LogP contribution in [0.1, 0.15) is 44.8 Å².